The zero-order valence-electron chi connectivity index (χ0n) is 9.54. The molecule has 0 amide bonds. The first kappa shape index (κ1) is 11.5. The molecule has 0 unspecified atom stereocenters. The van der Waals surface area contributed by atoms with Gasteiger partial charge in [-0.2, -0.15) is 0 Å². The SMILES string of the molecule is COc1ccccc1-n1nnc(C(N)=S)c1C. The van der Waals surface area contributed by atoms with Crippen molar-refractivity contribution >= 4 is 17.2 Å². The molecule has 2 N–H and O–H groups in total. The third-order valence-electron chi connectivity index (χ3n) is 2.44. The number of aromatic nitrogens is 3. The molecule has 88 valence electrons. The third kappa shape index (κ3) is 1.99. The molecular weight excluding hydrogens is 236 g/mol. The smallest absolute Gasteiger partial charge is 0.144 e. The Bertz CT molecular complexity index is 564. The molecule has 1 aromatic heterocycles. The van der Waals surface area contributed by atoms with Crippen LogP contribution in [-0.4, -0.2) is 27.1 Å². The Labute approximate surface area is 104 Å². The van der Waals surface area contributed by atoms with Gasteiger partial charge in [-0.3, -0.25) is 0 Å². The molecule has 17 heavy (non-hydrogen) atoms. The summed E-state index contributed by atoms with van der Waals surface area (Å²) in [6.45, 7) is 1.86. The Balaban J connectivity index is 2.57. The fourth-order valence-corrected chi connectivity index (χ4v) is 1.78. The van der Waals surface area contributed by atoms with Crippen LogP contribution in [0.25, 0.3) is 5.69 Å². The summed E-state index contributed by atoms with van der Waals surface area (Å²) in [7, 11) is 1.61. The number of benzene rings is 1. The van der Waals surface area contributed by atoms with Gasteiger partial charge in [-0.05, 0) is 19.1 Å². The Kier molecular flexibility index (Phi) is 3.06. The second-order valence-corrected chi connectivity index (χ2v) is 3.91. The molecule has 6 heteroatoms. The van der Waals surface area contributed by atoms with E-state index in [0.29, 0.717) is 5.69 Å². The number of nitrogens with two attached hydrogens (primary N) is 1. The van der Waals surface area contributed by atoms with E-state index in [-0.39, 0.29) is 4.99 Å². The highest BCUT2D eigenvalue weighted by Gasteiger charge is 2.14. The summed E-state index contributed by atoms with van der Waals surface area (Å²) >= 11 is 4.90. The second-order valence-electron chi connectivity index (χ2n) is 3.47. The van der Waals surface area contributed by atoms with Crippen LogP contribution in [-0.2, 0) is 0 Å². The molecule has 0 atom stereocenters. The van der Waals surface area contributed by atoms with Crippen LogP contribution in [0.4, 0.5) is 0 Å². The second kappa shape index (κ2) is 4.50. The van der Waals surface area contributed by atoms with E-state index in [9.17, 15) is 0 Å². The van der Waals surface area contributed by atoms with Gasteiger partial charge in [0.2, 0.25) is 0 Å². The monoisotopic (exact) mass is 248 g/mol. The lowest BCUT2D eigenvalue weighted by atomic mass is 10.2. The summed E-state index contributed by atoms with van der Waals surface area (Å²) in [6, 6.07) is 7.54. The van der Waals surface area contributed by atoms with Crippen molar-refractivity contribution in [1.82, 2.24) is 15.0 Å². The fraction of sp³-hybridized carbons (Fsp3) is 0.182. The molecule has 0 aliphatic carbocycles. The highest BCUT2D eigenvalue weighted by atomic mass is 32.1. The fourth-order valence-electron chi connectivity index (χ4n) is 1.59. The number of nitrogens with zero attached hydrogens (tertiary/aromatic N) is 3. The lowest BCUT2D eigenvalue weighted by Crippen LogP contribution is -2.12. The van der Waals surface area contributed by atoms with E-state index in [1.165, 1.54) is 0 Å². The van der Waals surface area contributed by atoms with Gasteiger partial charge in [0, 0.05) is 0 Å². The first-order valence-electron chi connectivity index (χ1n) is 5.00. The van der Waals surface area contributed by atoms with Gasteiger partial charge in [-0.15, -0.1) is 5.10 Å². The van der Waals surface area contributed by atoms with Crippen LogP contribution in [0, 0.1) is 6.92 Å². The molecule has 1 heterocycles. The lowest BCUT2D eigenvalue weighted by Gasteiger charge is -2.08. The number of para-hydroxylation sites is 2. The van der Waals surface area contributed by atoms with Gasteiger partial charge in [0.05, 0.1) is 12.8 Å². The molecule has 2 aromatic rings. The number of hydrogen-bond acceptors (Lipinski definition) is 4. The number of methoxy groups -OCH3 is 1. The van der Waals surface area contributed by atoms with E-state index in [4.69, 9.17) is 22.7 Å². The molecule has 0 aliphatic heterocycles. The average molecular weight is 248 g/mol. The highest BCUT2D eigenvalue weighted by Crippen LogP contribution is 2.22. The standard InChI is InChI=1S/C11H12N4OS/c1-7-10(11(12)17)13-14-15(7)8-5-3-4-6-9(8)16-2/h3-6H,1-2H3,(H2,12,17). The summed E-state index contributed by atoms with van der Waals surface area (Å²) in [5, 5.41) is 7.99. The van der Waals surface area contributed by atoms with Crippen molar-refractivity contribution in [2.45, 2.75) is 6.92 Å². The highest BCUT2D eigenvalue weighted by molar-refractivity contribution is 7.80. The predicted molar refractivity (Wildman–Crippen MR) is 68.5 cm³/mol. The summed E-state index contributed by atoms with van der Waals surface area (Å²) in [4.78, 5) is 0.239. The van der Waals surface area contributed by atoms with E-state index >= 15 is 0 Å². The van der Waals surface area contributed by atoms with Crippen LogP contribution in [0.3, 0.4) is 0 Å². The Morgan fingerprint density at radius 1 is 1.41 bits per heavy atom. The van der Waals surface area contributed by atoms with Gasteiger partial charge in [0.25, 0.3) is 0 Å². The third-order valence-corrected chi connectivity index (χ3v) is 2.63. The Morgan fingerprint density at radius 2 is 2.12 bits per heavy atom. The molecule has 0 fully saturated rings. The molecule has 0 spiro atoms. The summed E-state index contributed by atoms with van der Waals surface area (Å²) < 4.78 is 6.93. The van der Waals surface area contributed by atoms with Crippen molar-refractivity contribution in [1.29, 1.82) is 0 Å². The van der Waals surface area contributed by atoms with Crippen LogP contribution in [0.1, 0.15) is 11.4 Å². The molecule has 0 bridgehead atoms. The Morgan fingerprint density at radius 3 is 2.71 bits per heavy atom. The minimum atomic E-state index is 0.239. The number of rotatable bonds is 3. The summed E-state index contributed by atoms with van der Waals surface area (Å²) in [5.74, 6) is 0.718. The summed E-state index contributed by atoms with van der Waals surface area (Å²) in [5.41, 5.74) is 7.70. The van der Waals surface area contributed by atoms with Crippen molar-refractivity contribution in [2.75, 3.05) is 7.11 Å². The first-order chi connectivity index (χ1) is 8.15. The predicted octanol–water partition coefficient (Wildman–Crippen LogP) is 1.22. The van der Waals surface area contributed by atoms with Crippen molar-refractivity contribution in [3.8, 4) is 11.4 Å². The van der Waals surface area contributed by atoms with Gasteiger partial charge in [0.15, 0.2) is 0 Å². The molecule has 0 aliphatic rings. The van der Waals surface area contributed by atoms with Crippen molar-refractivity contribution in [3.63, 3.8) is 0 Å². The van der Waals surface area contributed by atoms with Crippen molar-refractivity contribution in [2.24, 2.45) is 5.73 Å². The number of thiocarbonyl (C=S) groups is 1. The van der Waals surface area contributed by atoms with E-state index in [2.05, 4.69) is 10.3 Å². The molecule has 0 radical (unpaired) electrons. The topological polar surface area (TPSA) is 66.0 Å². The van der Waals surface area contributed by atoms with Crippen LogP contribution < -0.4 is 10.5 Å². The van der Waals surface area contributed by atoms with E-state index in [1.54, 1.807) is 11.8 Å². The van der Waals surface area contributed by atoms with Crippen LogP contribution >= 0.6 is 12.2 Å². The van der Waals surface area contributed by atoms with Crippen molar-refractivity contribution < 1.29 is 4.74 Å². The van der Waals surface area contributed by atoms with Crippen molar-refractivity contribution in [3.05, 3.63) is 35.7 Å². The largest absolute Gasteiger partial charge is 0.494 e. The molecule has 1 aromatic carbocycles. The minimum Gasteiger partial charge on any atom is -0.494 e. The maximum atomic E-state index is 5.56. The van der Waals surface area contributed by atoms with E-state index in [1.807, 2.05) is 31.2 Å². The van der Waals surface area contributed by atoms with Crippen LogP contribution in [0.15, 0.2) is 24.3 Å². The van der Waals surface area contributed by atoms with Gasteiger partial charge < -0.3 is 10.5 Å². The van der Waals surface area contributed by atoms with E-state index in [0.717, 1.165) is 17.1 Å². The minimum absolute atomic E-state index is 0.239. The molecule has 0 saturated heterocycles. The van der Waals surface area contributed by atoms with Crippen LogP contribution in [0.5, 0.6) is 5.75 Å². The average Bonchev–Trinajstić information content (AvgIpc) is 2.71. The summed E-state index contributed by atoms with van der Waals surface area (Å²) in [6.07, 6.45) is 0. The normalized spacial score (nSPS) is 10.2. The van der Waals surface area contributed by atoms with Gasteiger partial charge in [-0.25, -0.2) is 4.68 Å². The number of hydrogen-bond donors (Lipinski definition) is 1. The first-order valence-corrected chi connectivity index (χ1v) is 5.41. The zero-order chi connectivity index (χ0) is 12.4. The van der Waals surface area contributed by atoms with E-state index < -0.39 is 0 Å². The molecule has 2 rings (SSSR count). The zero-order valence-corrected chi connectivity index (χ0v) is 10.4. The Hall–Kier alpha value is -1.95. The quantitative estimate of drug-likeness (QED) is 0.827. The van der Waals surface area contributed by atoms with Gasteiger partial charge in [0.1, 0.15) is 22.1 Å². The maximum Gasteiger partial charge on any atom is 0.144 e. The molecular formula is C11H12N4OS. The molecule has 0 saturated carbocycles. The van der Waals surface area contributed by atoms with Crippen LogP contribution in [0.2, 0.25) is 0 Å². The van der Waals surface area contributed by atoms with Gasteiger partial charge >= 0.3 is 0 Å². The molecule has 5 nitrogen and oxygen atoms in total. The van der Waals surface area contributed by atoms with Gasteiger partial charge in [-0.1, -0.05) is 29.6 Å². The maximum absolute atomic E-state index is 5.56. The lowest BCUT2D eigenvalue weighted by molar-refractivity contribution is 0.411. The number of ether oxygens (including phenoxy) is 1.